The van der Waals surface area contributed by atoms with Gasteiger partial charge in [-0.2, -0.15) is 0 Å². The quantitative estimate of drug-likeness (QED) is 0.687. The minimum Gasteiger partial charge on any atom is -0.486 e. The number of ether oxygens (including phenoxy) is 1. The third kappa shape index (κ3) is 4.81. The topological polar surface area (TPSA) is 51.2 Å². The van der Waals surface area contributed by atoms with Gasteiger partial charge >= 0.3 is 0 Å². The van der Waals surface area contributed by atoms with Crippen LogP contribution in [0.3, 0.4) is 0 Å². The maximum absolute atomic E-state index is 12.4. The molecule has 25 heavy (non-hydrogen) atoms. The van der Waals surface area contributed by atoms with Crippen LogP contribution in [0.4, 0.5) is 0 Å². The van der Waals surface area contributed by atoms with Gasteiger partial charge in [0, 0.05) is 11.6 Å². The fourth-order valence-electron chi connectivity index (χ4n) is 2.25. The van der Waals surface area contributed by atoms with E-state index in [-0.39, 0.29) is 5.91 Å². The lowest BCUT2D eigenvalue weighted by Crippen LogP contribution is -2.22. The van der Waals surface area contributed by atoms with E-state index in [0.717, 1.165) is 16.3 Å². The number of carbonyl (C=O) groups is 1. The Kier molecular flexibility index (Phi) is 5.68. The standard InChI is InChI=1S/C19H17ClN2O2S/c1-13-18(19(23)21-11-14-7-9-15(20)10-8-14)25-17(22-13)12-24-16-5-3-2-4-6-16/h2-10H,11-12H2,1H3,(H,21,23). The summed E-state index contributed by atoms with van der Waals surface area (Å²) < 4.78 is 5.68. The first-order valence-corrected chi connectivity index (χ1v) is 8.98. The van der Waals surface area contributed by atoms with Gasteiger partial charge in [-0.3, -0.25) is 4.79 Å². The molecule has 0 aliphatic rings. The number of rotatable bonds is 6. The van der Waals surface area contributed by atoms with Crippen LogP contribution in [0.1, 0.15) is 25.9 Å². The largest absolute Gasteiger partial charge is 0.486 e. The predicted molar refractivity (Wildman–Crippen MR) is 100 cm³/mol. The zero-order valence-electron chi connectivity index (χ0n) is 13.7. The summed E-state index contributed by atoms with van der Waals surface area (Å²) >= 11 is 7.22. The minimum atomic E-state index is -0.129. The summed E-state index contributed by atoms with van der Waals surface area (Å²) in [6.07, 6.45) is 0. The molecule has 0 atom stereocenters. The van der Waals surface area contributed by atoms with Gasteiger partial charge in [0.2, 0.25) is 0 Å². The Labute approximate surface area is 155 Å². The molecule has 0 unspecified atom stereocenters. The van der Waals surface area contributed by atoms with Gasteiger partial charge in [0.05, 0.1) is 5.69 Å². The van der Waals surface area contributed by atoms with E-state index in [4.69, 9.17) is 16.3 Å². The van der Waals surface area contributed by atoms with Crippen LogP contribution in [0.25, 0.3) is 0 Å². The molecule has 128 valence electrons. The molecule has 6 heteroatoms. The van der Waals surface area contributed by atoms with Crippen molar-refractivity contribution >= 4 is 28.8 Å². The first-order valence-electron chi connectivity index (χ1n) is 7.78. The molecule has 3 rings (SSSR count). The number of para-hydroxylation sites is 1. The highest BCUT2D eigenvalue weighted by Gasteiger charge is 2.15. The van der Waals surface area contributed by atoms with E-state index in [1.54, 1.807) is 12.1 Å². The molecule has 0 bridgehead atoms. The summed E-state index contributed by atoms with van der Waals surface area (Å²) in [6, 6.07) is 16.9. The van der Waals surface area contributed by atoms with Crippen molar-refractivity contribution in [1.29, 1.82) is 0 Å². The smallest absolute Gasteiger partial charge is 0.263 e. The fourth-order valence-corrected chi connectivity index (χ4v) is 3.27. The van der Waals surface area contributed by atoms with Crippen molar-refractivity contribution in [3.63, 3.8) is 0 Å². The van der Waals surface area contributed by atoms with E-state index in [1.165, 1.54) is 11.3 Å². The molecule has 0 spiro atoms. The Bertz CT molecular complexity index is 848. The lowest BCUT2D eigenvalue weighted by atomic mass is 10.2. The van der Waals surface area contributed by atoms with Crippen molar-refractivity contribution in [2.45, 2.75) is 20.1 Å². The molecule has 1 aromatic heterocycles. The molecule has 0 aliphatic carbocycles. The number of amides is 1. The number of benzene rings is 2. The zero-order valence-corrected chi connectivity index (χ0v) is 15.2. The Balaban J connectivity index is 1.59. The van der Waals surface area contributed by atoms with E-state index < -0.39 is 0 Å². The second kappa shape index (κ2) is 8.14. The number of hydrogen-bond acceptors (Lipinski definition) is 4. The molecule has 1 N–H and O–H groups in total. The van der Waals surface area contributed by atoms with Crippen LogP contribution in [0.15, 0.2) is 54.6 Å². The Morgan fingerprint density at radius 2 is 1.88 bits per heavy atom. The number of aryl methyl sites for hydroxylation is 1. The number of aromatic nitrogens is 1. The van der Waals surface area contributed by atoms with Gasteiger partial charge in [-0.1, -0.05) is 41.9 Å². The van der Waals surface area contributed by atoms with Gasteiger partial charge in [0.1, 0.15) is 22.2 Å². The lowest BCUT2D eigenvalue weighted by Gasteiger charge is -2.04. The third-order valence-corrected chi connectivity index (χ3v) is 4.90. The van der Waals surface area contributed by atoms with Crippen LogP contribution in [0, 0.1) is 6.92 Å². The van der Waals surface area contributed by atoms with Crippen LogP contribution in [-0.2, 0) is 13.2 Å². The Morgan fingerprint density at radius 3 is 2.60 bits per heavy atom. The average molecular weight is 373 g/mol. The normalized spacial score (nSPS) is 10.5. The Morgan fingerprint density at radius 1 is 1.16 bits per heavy atom. The first kappa shape index (κ1) is 17.5. The minimum absolute atomic E-state index is 0.129. The van der Waals surface area contributed by atoms with Crippen molar-refractivity contribution in [2.24, 2.45) is 0 Å². The molecule has 3 aromatic rings. The number of nitrogens with one attached hydrogen (secondary N) is 1. The Hall–Kier alpha value is -2.37. The summed E-state index contributed by atoms with van der Waals surface area (Å²) in [5.41, 5.74) is 1.71. The van der Waals surface area contributed by atoms with Gasteiger partial charge in [-0.15, -0.1) is 11.3 Å². The molecular formula is C19H17ClN2O2S. The van der Waals surface area contributed by atoms with Crippen LogP contribution in [0.2, 0.25) is 5.02 Å². The summed E-state index contributed by atoms with van der Waals surface area (Å²) in [7, 11) is 0. The van der Waals surface area contributed by atoms with Crippen molar-refractivity contribution < 1.29 is 9.53 Å². The van der Waals surface area contributed by atoms with Gasteiger partial charge in [-0.25, -0.2) is 4.98 Å². The van der Waals surface area contributed by atoms with Gasteiger partial charge < -0.3 is 10.1 Å². The average Bonchev–Trinajstić information content (AvgIpc) is 3.01. The number of carbonyl (C=O) groups excluding carboxylic acids is 1. The van der Waals surface area contributed by atoms with E-state index in [1.807, 2.05) is 49.4 Å². The predicted octanol–water partition coefficient (Wildman–Crippen LogP) is 4.61. The highest BCUT2D eigenvalue weighted by atomic mass is 35.5. The van der Waals surface area contributed by atoms with Crippen LogP contribution in [0.5, 0.6) is 5.75 Å². The molecule has 2 aromatic carbocycles. The number of hydrogen-bond donors (Lipinski definition) is 1. The third-order valence-electron chi connectivity index (χ3n) is 3.52. The van der Waals surface area contributed by atoms with E-state index in [0.29, 0.717) is 28.7 Å². The number of nitrogens with zero attached hydrogens (tertiary/aromatic N) is 1. The van der Waals surface area contributed by atoms with Crippen molar-refractivity contribution in [1.82, 2.24) is 10.3 Å². The van der Waals surface area contributed by atoms with Crippen molar-refractivity contribution in [3.8, 4) is 5.75 Å². The number of thiazole rings is 1. The molecule has 1 heterocycles. The first-order chi connectivity index (χ1) is 12.1. The maximum Gasteiger partial charge on any atom is 0.263 e. The highest BCUT2D eigenvalue weighted by molar-refractivity contribution is 7.13. The van der Waals surface area contributed by atoms with Gasteiger partial charge in [0.15, 0.2) is 0 Å². The van der Waals surface area contributed by atoms with E-state index in [2.05, 4.69) is 10.3 Å². The molecule has 0 saturated carbocycles. The SMILES string of the molecule is Cc1nc(COc2ccccc2)sc1C(=O)NCc1ccc(Cl)cc1. The highest BCUT2D eigenvalue weighted by Crippen LogP contribution is 2.20. The summed E-state index contributed by atoms with van der Waals surface area (Å²) in [4.78, 5) is 17.4. The van der Waals surface area contributed by atoms with Gasteiger partial charge in [0.25, 0.3) is 5.91 Å². The summed E-state index contributed by atoms with van der Waals surface area (Å²) in [6.45, 7) is 2.63. The molecule has 0 saturated heterocycles. The number of halogens is 1. The molecule has 0 aliphatic heterocycles. The fraction of sp³-hybridized carbons (Fsp3) is 0.158. The molecule has 1 amide bonds. The van der Waals surface area contributed by atoms with Gasteiger partial charge in [-0.05, 0) is 36.8 Å². The summed E-state index contributed by atoms with van der Waals surface area (Å²) in [5.74, 6) is 0.653. The molecule has 0 radical (unpaired) electrons. The molecular weight excluding hydrogens is 356 g/mol. The van der Waals surface area contributed by atoms with Crippen LogP contribution < -0.4 is 10.1 Å². The second-order valence-electron chi connectivity index (χ2n) is 5.43. The summed E-state index contributed by atoms with van der Waals surface area (Å²) in [5, 5.41) is 4.36. The molecule has 0 fully saturated rings. The van der Waals surface area contributed by atoms with Crippen molar-refractivity contribution in [3.05, 3.63) is 80.8 Å². The van der Waals surface area contributed by atoms with Crippen molar-refractivity contribution in [2.75, 3.05) is 0 Å². The lowest BCUT2D eigenvalue weighted by molar-refractivity contribution is 0.0954. The monoisotopic (exact) mass is 372 g/mol. The molecule has 4 nitrogen and oxygen atoms in total. The maximum atomic E-state index is 12.4. The van der Waals surface area contributed by atoms with E-state index >= 15 is 0 Å². The zero-order chi connectivity index (χ0) is 17.6. The van der Waals surface area contributed by atoms with E-state index in [9.17, 15) is 4.79 Å². The van der Waals surface area contributed by atoms with Crippen LogP contribution in [-0.4, -0.2) is 10.9 Å². The van der Waals surface area contributed by atoms with Crippen LogP contribution >= 0.6 is 22.9 Å². The second-order valence-corrected chi connectivity index (χ2v) is 6.95.